The Labute approximate surface area is 101 Å². The molecule has 0 spiro atoms. The van der Waals surface area contributed by atoms with E-state index in [-0.39, 0.29) is 6.03 Å². The molecular weight excluding hydrogens is 218 g/mol. The topological polar surface area (TPSA) is 53.4 Å². The van der Waals surface area contributed by atoms with E-state index in [0.717, 1.165) is 30.2 Å². The molecular formula is C11H19N5O. The molecule has 1 saturated heterocycles. The SMILES string of the molecule is CNc1c(CN2CCN(C)C2=O)c(C)nn1C. The van der Waals surface area contributed by atoms with Gasteiger partial charge >= 0.3 is 6.03 Å². The van der Waals surface area contributed by atoms with Crippen molar-refractivity contribution in [1.29, 1.82) is 0 Å². The monoisotopic (exact) mass is 237 g/mol. The second kappa shape index (κ2) is 4.27. The quantitative estimate of drug-likeness (QED) is 0.839. The Morgan fingerprint density at radius 3 is 2.59 bits per heavy atom. The summed E-state index contributed by atoms with van der Waals surface area (Å²) in [7, 11) is 5.61. The number of likely N-dealkylation sites (N-methyl/N-ethyl adjacent to an activating group) is 1. The fourth-order valence-corrected chi connectivity index (χ4v) is 2.24. The van der Waals surface area contributed by atoms with Gasteiger partial charge in [-0.25, -0.2) is 4.79 Å². The van der Waals surface area contributed by atoms with Crippen LogP contribution in [0.15, 0.2) is 0 Å². The zero-order valence-electron chi connectivity index (χ0n) is 10.8. The highest BCUT2D eigenvalue weighted by Crippen LogP contribution is 2.21. The van der Waals surface area contributed by atoms with Crippen molar-refractivity contribution in [3.05, 3.63) is 11.3 Å². The Hall–Kier alpha value is -1.72. The Kier molecular flexibility index (Phi) is 2.95. The number of aryl methyl sites for hydroxylation is 2. The third-order valence-electron chi connectivity index (χ3n) is 3.23. The molecule has 94 valence electrons. The van der Waals surface area contributed by atoms with Gasteiger partial charge in [0.05, 0.1) is 12.2 Å². The summed E-state index contributed by atoms with van der Waals surface area (Å²) in [6, 6.07) is 0.0929. The van der Waals surface area contributed by atoms with Gasteiger partial charge in [0.15, 0.2) is 0 Å². The summed E-state index contributed by atoms with van der Waals surface area (Å²) in [5.74, 6) is 0.977. The molecule has 17 heavy (non-hydrogen) atoms. The molecule has 0 radical (unpaired) electrons. The number of rotatable bonds is 3. The number of urea groups is 1. The van der Waals surface area contributed by atoms with Gasteiger partial charge in [-0.1, -0.05) is 0 Å². The largest absolute Gasteiger partial charge is 0.373 e. The van der Waals surface area contributed by atoms with Crippen LogP contribution in [-0.2, 0) is 13.6 Å². The first kappa shape index (κ1) is 11.8. The molecule has 1 aromatic heterocycles. The lowest BCUT2D eigenvalue weighted by atomic mass is 10.2. The van der Waals surface area contributed by atoms with Gasteiger partial charge in [-0.2, -0.15) is 5.10 Å². The molecule has 1 fully saturated rings. The highest BCUT2D eigenvalue weighted by Gasteiger charge is 2.27. The maximum atomic E-state index is 11.8. The van der Waals surface area contributed by atoms with E-state index in [1.165, 1.54) is 0 Å². The number of carbonyl (C=O) groups excluding carboxylic acids is 1. The first-order valence-electron chi connectivity index (χ1n) is 5.75. The molecule has 0 aliphatic carbocycles. The van der Waals surface area contributed by atoms with E-state index >= 15 is 0 Å². The number of aromatic nitrogens is 2. The molecule has 0 atom stereocenters. The third-order valence-corrected chi connectivity index (χ3v) is 3.23. The summed E-state index contributed by atoms with van der Waals surface area (Å²) in [5.41, 5.74) is 2.07. The molecule has 6 nitrogen and oxygen atoms in total. The Morgan fingerprint density at radius 1 is 1.35 bits per heavy atom. The highest BCUT2D eigenvalue weighted by molar-refractivity contribution is 5.76. The van der Waals surface area contributed by atoms with Crippen LogP contribution >= 0.6 is 0 Å². The molecule has 2 amide bonds. The number of anilines is 1. The minimum Gasteiger partial charge on any atom is -0.373 e. The van der Waals surface area contributed by atoms with E-state index < -0.39 is 0 Å². The summed E-state index contributed by atoms with van der Waals surface area (Å²) in [5, 5.41) is 7.50. The van der Waals surface area contributed by atoms with Crippen LogP contribution in [-0.4, -0.2) is 52.8 Å². The van der Waals surface area contributed by atoms with E-state index in [1.807, 2.05) is 37.6 Å². The molecule has 1 aliphatic rings. The number of hydrogen-bond acceptors (Lipinski definition) is 3. The van der Waals surface area contributed by atoms with Crippen LogP contribution in [0, 0.1) is 6.92 Å². The summed E-state index contributed by atoms with van der Waals surface area (Å²) in [6.07, 6.45) is 0. The fraction of sp³-hybridized carbons (Fsp3) is 0.636. The van der Waals surface area contributed by atoms with Gasteiger partial charge in [-0.15, -0.1) is 0 Å². The lowest BCUT2D eigenvalue weighted by Gasteiger charge is -2.16. The van der Waals surface area contributed by atoms with Crippen LogP contribution in [0.4, 0.5) is 10.6 Å². The van der Waals surface area contributed by atoms with Crippen molar-refractivity contribution in [2.24, 2.45) is 7.05 Å². The van der Waals surface area contributed by atoms with Gasteiger partial charge in [0.25, 0.3) is 0 Å². The van der Waals surface area contributed by atoms with Crippen LogP contribution in [0.1, 0.15) is 11.3 Å². The second-order valence-corrected chi connectivity index (χ2v) is 4.41. The van der Waals surface area contributed by atoms with Gasteiger partial charge in [-0.3, -0.25) is 4.68 Å². The van der Waals surface area contributed by atoms with Crippen molar-refractivity contribution in [1.82, 2.24) is 19.6 Å². The minimum absolute atomic E-state index is 0.0929. The normalized spacial score (nSPS) is 15.9. The lowest BCUT2D eigenvalue weighted by Crippen LogP contribution is -2.29. The maximum Gasteiger partial charge on any atom is 0.320 e. The van der Waals surface area contributed by atoms with Gasteiger partial charge in [0.1, 0.15) is 5.82 Å². The molecule has 0 unspecified atom stereocenters. The summed E-state index contributed by atoms with van der Waals surface area (Å²) >= 11 is 0. The number of amides is 2. The smallest absolute Gasteiger partial charge is 0.320 e. The number of hydrogen-bond donors (Lipinski definition) is 1. The molecule has 0 saturated carbocycles. The minimum atomic E-state index is 0.0929. The molecule has 1 N–H and O–H groups in total. The average Bonchev–Trinajstić information content (AvgIpc) is 2.73. The standard InChI is InChI=1S/C11H19N5O/c1-8-9(10(12-2)15(4)13-8)7-16-6-5-14(3)11(16)17/h12H,5-7H2,1-4H3. The Morgan fingerprint density at radius 2 is 2.06 bits per heavy atom. The van der Waals surface area contributed by atoms with Crippen LogP contribution < -0.4 is 5.32 Å². The van der Waals surface area contributed by atoms with Crippen LogP contribution in [0.25, 0.3) is 0 Å². The summed E-state index contributed by atoms with van der Waals surface area (Å²) in [6.45, 7) is 4.18. The Balaban J connectivity index is 2.21. The summed E-state index contributed by atoms with van der Waals surface area (Å²) in [4.78, 5) is 15.4. The molecule has 0 bridgehead atoms. The first-order chi connectivity index (χ1) is 8.04. The predicted molar refractivity (Wildman–Crippen MR) is 65.9 cm³/mol. The Bertz CT molecular complexity index is 439. The van der Waals surface area contributed by atoms with Gasteiger partial charge in [0, 0.05) is 39.8 Å². The molecule has 0 aromatic carbocycles. The van der Waals surface area contributed by atoms with Crippen molar-refractivity contribution < 1.29 is 4.79 Å². The summed E-state index contributed by atoms with van der Waals surface area (Å²) < 4.78 is 1.81. The van der Waals surface area contributed by atoms with Crippen LogP contribution in [0.3, 0.4) is 0 Å². The molecule has 2 rings (SSSR count). The average molecular weight is 237 g/mol. The van der Waals surface area contributed by atoms with E-state index in [9.17, 15) is 4.79 Å². The first-order valence-corrected chi connectivity index (χ1v) is 5.75. The van der Waals surface area contributed by atoms with Crippen molar-refractivity contribution in [3.8, 4) is 0 Å². The second-order valence-electron chi connectivity index (χ2n) is 4.41. The van der Waals surface area contributed by atoms with Gasteiger partial charge in [-0.05, 0) is 6.92 Å². The third kappa shape index (κ3) is 1.94. The molecule has 1 aromatic rings. The van der Waals surface area contributed by atoms with Crippen LogP contribution in [0.2, 0.25) is 0 Å². The lowest BCUT2D eigenvalue weighted by molar-refractivity contribution is 0.197. The van der Waals surface area contributed by atoms with E-state index in [2.05, 4.69) is 10.4 Å². The zero-order chi connectivity index (χ0) is 12.6. The predicted octanol–water partition coefficient (Wildman–Crippen LogP) is 0.638. The maximum absolute atomic E-state index is 11.8. The molecule has 6 heteroatoms. The van der Waals surface area contributed by atoms with Crippen molar-refractivity contribution in [2.75, 3.05) is 32.5 Å². The van der Waals surface area contributed by atoms with Gasteiger partial charge < -0.3 is 15.1 Å². The van der Waals surface area contributed by atoms with Gasteiger partial charge in [0.2, 0.25) is 0 Å². The number of carbonyl (C=O) groups is 1. The fourth-order valence-electron chi connectivity index (χ4n) is 2.24. The van der Waals surface area contributed by atoms with E-state index in [4.69, 9.17) is 0 Å². The molecule has 1 aliphatic heterocycles. The van der Waals surface area contributed by atoms with Crippen molar-refractivity contribution in [3.63, 3.8) is 0 Å². The van der Waals surface area contributed by atoms with Crippen LogP contribution in [0.5, 0.6) is 0 Å². The van der Waals surface area contributed by atoms with Crippen molar-refractivity contribution in [2.45, 2.75) is 13.5 Å². The van der Waals surface area contributed by atoms with Crippen molar-refractivity contribution >= 4 is 11.8 Å². The van der Waals surface area contributed by atoms with E-state index in [0.29, 0.717) is 6.54 Å². The number of nitrogens with zero attached hydrogens (tertiary/aromatic N) is 4. The highest BCUT2D eigenvalue weighted by atomic mass is 16.2. The van der Waals surface area contributed by atoms with E-state index in [1.54, 1.807) is 4.90 Å². The molecule has 2 heterocycles. The number of nitrogens with one attached hydrogen (secondary N) is 1. The zero-order valence-corrected chi connectivity index (χ0v) is 10.8.